The van der Waals surface area contributed by atoms with E-state index in [1.54, 1.807) is 0 Å². The number of benzene rings is 1. The van der Waals surface area contributed by atoms with Gasteiger partial charge in [0.25, 0.3) is 5.91 Å². The smallest absolute Gasteiger partial charge is 0.251 e. The lowest BCUT2D eigenvalue weighted by Gasteiger charge is -2.40. The third-order valence-electron chi connectivity index (χ3n) is 4.09. The zero-order valence-electron chi connectivity index (χ0n) is 12.7. The molecule has 1 amide bonds. The van der Waals surface area contributed by atoms with Crippen LogP contribution in [0.15, 0.2) is 18.2 Å². The number of thioether (sulfide) groups is 1. The fourth-order valence-corrected chi connectivity index (χ4v) is 3.37. The fraction of sp³-hybridized carbons (Fsp3) is 0.471. The summed E-state index contributed by atoms with van der Waals surface area (Å²) in [6.07, 6.45) is 5.77. The van der Waals surface area contributed by atoms with E-state index in [9.17, 15) is 4.79 Å². The number of hydrogen-bond acceptors (Lipinski definition) is 3. The molecule has 0 saturated heterocycles. The molecule has 112 valence electrons. The third kappa shape index (κ3) is 3.81. The van der Waals surface area contributed by atoms with Crippen molar-refractivity contribution in [3.05, 3.63) is 34.9 Å². The second-order valence-corrected chi connectivity index (χ2v) is 6.73. The van der Waals surface area contributed by atoms with Gasteiger partial charge in [-0.3, -0.25) is 4.79 Å². The molecule has 1 aliphatic carbocycles. The van der Waals surface area contributed by atoms with Gasteiger partial charge in [-0.2, -0.15) is 11.8 Å². The first-order valence-electron chi connectivity index (χ1n) is 7.23. The summed E-state index contributed by atoms with van der Waals surface area (Å²) in [6, 6.07) is 5.70. The molecule has 1 saturated carbocycles. The van der Waals surface area contributed by atoms with Crippen LogP contribution in [0.3, 0.4) is 0 Å². The van der Waals surface area contributed by atoms with E-state index in [0.29, 0.717) is 12.1 Å². The molecule has 0 radical (unpaired) electrons. The number of amides is 1. The molecular formula is C17H22N2OS. The maximum Gasteiger partial charge on any atom is 0.251 e. The van der Waals surface area contributed by atoms with Crippen LogP contribution in [0.1, 0.15) is 40.7 Å². The van der Waals surface area contributed by atoms with Crippen molar-refractivity contribution in [2.45, 2.75) is 30.9 Å². The van der Waals surface area contributed by atoms with Gasteiger partial charge in [-0.15, -0.1) is 0 Å². The van der Waals surface area contributed by atoms with E-state index in [1.807, 2.05) is 36.9 Å². The first-order chi connectivity index (χ1) is 10.1. The van der Waals surface area contributed by atoms with E-state index in [0.717, 1.165) is 17.7 Å². The van der Waals surface area contributed by atoms with Crippen molar-refractivity contribution in [1.29, 1.82) is 0 Å². The van der Waals surface area contributed by atoms with Crippen LogP contribution in [0, 0.1) is 18.8 Å². The van der Waals surface area contributed by atoms with E-state index >= 15 is 0 Å². The highest BCUT2D eigenvalue weighted by molar-refractivity contribution is 8.00. The fourth-order valence-electron chi connectivity index (χ4n) is 2.46. The molecule has 0 aromatic heterocycles. The van der Waals surface area contributed by atoms with Crippen molar-refractivity contribution in [2.24, 2.45) is 5.73 Å². The molecule has 2 rings (SSSR count). The molecule has 3 nitrogen and oxygen atoms in total. The molecule has 1 aliphatic rings. The Morgan fingerprint density at radius 2 is 2.24 bits per heavy atom. The Morgan fingerprint density at radius 3 is 2.81 bits per heavy atom. The molecule has 0 unspecified atom stereocenters. The number of rotatable bonds is 4. The van der Waals surface area contributed by atoms with Gasteiger partial charge < -0.3 is 11.1 Å². The number of aryl methyl sites for hydroxylation is 1. The third-order valence-corrected chi connectivity index (χ3v) is 5.50. The molecule has 0 heterocycles. The van der Waals surface area contributed by atoms with Crippen LogP contribution in [0.2, 0.25) is 0 Å². The van der Waals surface area contributed by atoms with Crippen LogP contribution in [0.25, 0.3) is 0 Å². The van der Waals surface area contributed by atoms with Crippen LogP contribution < -0.4 is 11.1 Å². The number of hydrogen-bond donors (Lipinski definition) is 2. The zero-order chi connectivity index (χ0) is 15.3. The first-order valence-corrected chi connectivity index (χ1v) is 8.46. The number of nitrogens with two attached hydrogens (primary N) is 1. The van der Waals surface area contributed by atoms with Gasteiger partial charge in [0.15, 0.2) is 0 Å². The van der Waals surface area contributed by atoms with Gasteiger partial charge in [-0.25, -0.2) is 0 Å². The normalized spacial score (nSPS) is 15.6. The average Bonchev–Trinajstić information content (AvgIpc) is 2.45. The summed E-state index contributed by atoms with van der Waals surface area (Å²) < 4.78 is 0.251. The Morgan fingerprint density at radius 1 is 1.48 bits per heavy atom. The molecule has 3 N–H and O–H groups in total. The molecule has 1 aromatic carbocycles. The lowest BCUT2D eigenvalue weighted by molar-refractivity contribution is 0.0943. The Labute approximate surface area is 131 Å². The monoisotopic (exact) mass is 302 g/mol. The summed E-state index contributed by atoms with van der Waals surface area (Å²) in [7, 11) is 0. The van der Waals surface area contributed by atoms with Gasteiger partial charge in [0.05, 0.1) is 6.54 Å². The van der Waals surface area contributed by atoms with Gasteiger partial charge in [0.2, 0.25) is 0 Å². The molecule has 21 heavy (non-hydrogen) atoms. The van der Waals surface area contributed by atoms with Gasteiger partial charge >= 0.3 is 0 Å². The zero-order valence-corrected chi connectivity index (χ0v) is 13.5. The first kappa shape index (κ1) is 15.9. The van der Waals surface area contributed by atoms with Crippen LogP contribution in [-0.4, -0.2) is 30.0 Å². The van der Waals surface area contributed by atoms with Gasteiger partial charge in [-0.05, 0) is 43.7 Å². The highest BCUT2D eigenvalue weighted by Gasteiger charge is 2.36. The van der Waals surface area contributed by atoms with Gasteiger partial charge in [-0.1, -0.05) is 24.3 Å². The SMILES string of the molecule is CSC1(CNC(=O)c2cc(C#CCN)ccc2C)CCC1. The predicted octanol–water partition coefficient (Wildman–Crippen LogP) is 2.32. The summed E-state index contributed by atoms with van der Waals surface area (Å²) in [5.74, 6) is 5.78. The van der Waals surface area contributed by atoms with Crippen molar-refractivity contribution < 1.29 is 4.79 Å². The topological polar surface area (TPSA) is 55.1 Å². The van der Waals surface area contributed by atoms with E-state index in [2.05, 4.69) is 23.4 Å². The maximum absolute atomic E-state index is 12.4. The average molecular weight is 302 g/mol. The minimum absolute atomic E-state index is 0.00998. The summed E-state index contributed by atoms with van der Waals surface area (Å²) in [5.41, 5.74) is 7.89. The molecule has 0 bridgehead atoms. The summed E-state index contributed by atoms with van der Waals surface area (Å²) in [5, 5.41) is 3.08. The maximum atomic E-state index is 12.4. The largest absolute Gasteiger partial charge is 0.351 e. The summed E-state index contributed by atoms with van der Waals surface area (Å²) in [6.45, 7) is 3.01. The van der Waals surface area contributed by atoms with Crippen molar-refractivity contribution in [3.63, 3.8) is 0 Å². The standard InChI is InChI=1S/C17H22N2OS/c1-13-6-7-14(5-3-10-18)11-15(13)16(20)19-12-17(21-2)8-4-9-17/h6-7,11H,4,8-10,12,18H2,1-2H3,(H,19,20). The highest BCUT2D eigenvalue weighted by Crippen LogP contribution is 2.42. The van der Waals surface area contributed by atoms with Gasteiger partial charge in [0.1, 0.15) is 0 Å². The van der Waals surface area contributed by atoms with E-state index in [4.69, 9.17) is 5.73 Å². The van der Waals surface area contributed by atoms with E-state index in [-0.39, 0.29) is 10.7 Å². The summed E-state index contributed by atoms with van der Waals surface area (Å²) >= 11 is 1.86. The minimum atomic E-state index is -0.00998. The Balaban J connectivity index is 2.07. The van der Waals surface area contributed by atoms with Crippen molar-refractivity contribution >= 4 is 17.7 Å². The van der Waals surface area contributed by atoms with Gasteiger partial charge in [0, 0.05) is 22.4 Å². The molecular weight excluding hydrogens is 280 g/mol. The Kier molecular flexibility index (Phi) is 5.33. The van der Waals surface area contributed by atoms with Crippen molar-refractivity contribution in [1.82, 2.24) is 5.32 Å². The van der Waals surface area contributed by atoms with Crippen LogP contribution in [0.4, 0.5) is 0 Å². The molecule has 1 aromatic rings. The second-order valence-electron chi connectivity index (χ2n) is 5.46. The molecule has 0 aliphatic heterocycles. The highest BCUT2D eigenvalue weighted by atomic mass is 32.2. The number of carbonyl (C=O) groups excluding carboxylic acids is 1. The second kappa shape index (κ2) is 7.02. The summed E-state index contributed by atoms with van der Waals surface area (Å²) in [4.78, 5) is 12.4. The van der Waals surface area contributed by atoms with Crippen molar-refractivity contribution in [2.75, 3.05) is 19.3 Å². The minimum Gasteiger partial charge on any atom is -0.351 e. The van der Waals surface area contributed by atoms with Crippen LogP contribution in [0.5, 0.6) is 0 Å². The quantitative estimate of drug-likeness (QED) is 0.839. The lowest BCUT2D eigenvalue weighted by Crippen LogP contribution is -2.45. The molecule has 1 fully saturated rings. The van der Waals surface area contributed by atoms with Crippen LogP contribution >= 0.6 is 11.8 Å². The number of carbonyl (C=O) groups is 1. The van der Waals surface area contributed by atoms with Crippen molar-refractivity contribution in [3.8, 4) is 11.8 Å². The molecule has 4 heteroatoms. The Bertz CT molecular complexity index is 577. The predicted molar refractivity (Wildman–Crippen MR) is 89.5 cm³/mol. The van der Waals surface area contributed by atoms with Crippen LogP contribution in [-0.2, 0) is 0 Å². The molecule has 0 spiro atoms. The Hall–Kier alpha value is -1.44. The lowest BCUT2D eigenvalue weighted by atomic mass is 9.84. The number of nitrogens with one attached hydrogen (secondary N) is 1. The van der Waals surface area contributed by atoms with E-state index < -0.39 is 0 Å². The van der Waals surface area contributed by atoms with E-state index in [1.165, 1.54) is 19.3 Å². The molecule has 0 atom stereocenters.